The molecule has 0 saturated carbocycles. The van der Waals surface area contributed by atoms with Crippen molar-refractivity contribution >= 4 is 35.1 Å². The van der Waals surface area contributed by atoms with Crippen LogP contribution in [0.25, 0.3) is 0 Å². The van der Waals surface area contributed by atoms with Crippen LogP contribution >= 0.6 is 23.2 Å². The first kappa shape index (κ1) is 18.5. The molecule has 0 bridgehead atoms. The SMILES string of the molecule is O=C(O)c1ccnc(C(=O)N2CCCC(Oc3ccc(Cl)c(Cl)c3)C2)c1. The molecule has 8 heteroatoms. The Morgan fingerprint density at radius 1 is 1.19 bits per heavy atom. The Bertz CT molecular complexity index is 844. The molecule has 0 radical (unpaired) electrons. The summed E-state index contributed by atoms with van der Waals surface area (Å²) >= 11 is 11.9. The first-order valence-corrected chi connectivity index (χ1v) is 8.80. The van der Waals surface area contributed by atoms with Crippen molar-refractivity contribution in [2.24, 2.45) is 0 Å². The largest absolute Gasteiger partial charge is 0.489 e. The predicted octanol–water partition coefficient (Wildman–Crippen LogP) is 3.77. The Balaban J connectivity index is 1.69. The number of piperidine rings is 1. The third-order valence-corrected chi connectivity index (χ3v) is 4.82. The van der Waals surface area contributed by atoms with E-state index in [2.05, 4.69) is 4.98 Å². The van der Waals surface area contributed by atoms with Gasteiger partial charge >= 0.3 is 5.97 Å². The van der Waals surface area contributed by atoms with Gasteiger partial charge in [-0.2, -0.15) is 0 Å². The van der Waals surface area contributed by atoms with Gasteiger partial charge in [0.25, 0.3) is 5.91 Å². The van der Waals surface area contributed by atoms with Crippen molar-refractivity contribution < 1.29 is 19.4 Å². The summed E-state index contributed by atoms with van der Waals surface area (Å²) < 4.78 is 5.92. The van der Waals surface area contributed by atoms with Crippen molar-refractivity contribution in [1.82, 2.24) is 9.88 Å². The molecule has 1 fully saturated rings. The van der Waals surface area contributed by atoms with E-state index in [1.807, 2.05) is 0 Å². The van der Waals surface area contributed by atoms with E-state index in [4.69, 9.17) is 33.0 Å². The monoisotopic (exact) mass is 394 g/mol. The average Bonchev–Trinajstić information content (AvgIpc) is 2.64. The molecule has 1 aromatic heterocycles. The van der Waals surface area contributed by atoms with Gasteiger partial charge in [0.2, 0.25) is 0 Å². The Morgan fingerprint density at radius 2 is 2.00 bits per heavy atom. The fourth-order valence-corrected chi connectivity index (χ4v) is 3.09. The molecule has 1 aliphatic rings. The molecular weight excluding hydrogens is 379 g/mol. The molecular formula is C18H16Cl2N2O4. The summed E-state index contributed by atoms with van der Waals surface area (Å²) in [5.41, 5.74) is 0.143. The van der Waals surface area contributed by atoms with E-state index in [-0.39, 0.29) is 23.3 Å². The van der Waals surface area contributed by atoms with Crippen LogP contribution in [0.2, 0.25) is 10.0 Å². The van der Waals surface area contributed by atoms with Gasteiger partial charge in [0.1, 0.15) is 17.5 Å². The van der Waals surface area contributed by atoms with Crippen LogP contribution < -0.4 is 4.74 Å². The molecule has 1 unspecified atom stereocenters. The van der Waals surface area contributed by atoms with Gasteiger partial charge in [-0.15, -0.1) is 0 Å². The van der Waals surface area contributed by atoms with Gasteiger partial charge < -0.3 is 14.7 Å². The van der Waals surface area contributed by atoms with Crippen molar-refractivity contribution in [3.05, 3.63) is 57.8 Å². The predicted molar refractivity (Wildman–Crippen MR) is 97.2 cm³/mol. The summed E-state index contributed by atoms with van der Waals surface area (Å²) in [6.07, 6.45) is 2.71. The number of carbonyl (C=O) groups excluding carboxylic acids is 1. The van der Waals surface area contributed by atoms with Gasteiger partial charge in [0, 0.05) is 18.8 Å². The Labute approximate surface area is 160 Å². The van der Waals surface area contributed by atoms with E-state index >= 15 is 0 Å². The van der Waals surface area contributed by atoms with Crippen molar-refractivity contribution in [3.63, 3.8) is 0 Å². The number of nitrogens with zero attached hydrogens (tertiary/aromatic N) is 2. The maximum Gasteiger partial charge on any atom is 0.335 e. The number of ether oxygens (including phenoxy) is 1. The molecule has 0 aliphatic carbocycles. The maximum atomic E-state index is 12.6. The highest BCUT2D eigenvalue weighted by molar-refractivity contribution is 6.42. The zero-order chi connectivity index (χ0) is 18.7. The highest BCUT2D eigenvalue weighted by atomic mass is 35.5. The zero-order valence-corrected chi connectivity index (χ0v) is 15.2. The summed E-state index contributed by atoms with van der Waals surface area (Å²) in [4.78, 5) is 29.3. The molecule has 1 N–H and O–H groups in total. The molecule has 1 aliphatic heterocycles. The summed E-state index contributed by atoms with van der Waals surface area (Å²) in [6.45, 7) is 0.955. The molecule has 0 spiro atoms. The van der Waals surface area contributed by atoms with Crippen LogP contribution in [0.15, 0.2) is 36.5 Å². The van der Waals surface area contributed by atoms with Crippen LogP contribution in [0.3, 0.4) is 0 Å². The maximum absolute atomic E-state index is 12.6. The van der Waals surface area contributed by atoms with Crippen molar-refractivity contribution in [1.29, 1.82) is 0 Å². The third-order valence-electron chi connectivity index (χ3n) is 4.09. The number of pyridine rings is 1. The van der Waals surface area contributed by atoms with Crippen molar-refractivity contribution in [2.45, 2.75) is 18.9 Å². The summed E-state index contributed by atoms with van der Waals surface area (Å²) in [7, 11) is 0. The molecule has 2 aromatic rings. The highest BCUT2D eigenvalue weighted by Gasteiger charge is 2.27. The van der Waals surface area contributed by atoms with Gasteiger partial charge in [-0.25, -0.2) is 4.79 Å². The first-order chi connectivity index (χ1) is 12.4. The number of carbonyl (C=O) groups is 2. The molecule has 2 heterocycles. The molecule has 1 atom stereocenters. The van der Waals surface area contributed by atoms with Crippen LogP contribution in [0.1, 0.15) is 33.7 Å². The Hall–Kier alpha value is -2.31. The van der Waals surface area contributed by atoms with Crippen LogP contribution in [-0.2, 0) is 0 Å². The van der Waals surface area contributed by atoms with Crippen molar-refractivity contribution in [2.75, 3.05) is 13.1 Å². The number of aromatic carboxylic acids is 1. The van der Waals surface area contributed by atoms with Crippen LogP contribution in [0.4, 0.5) is 0 Å². The number of carboxylic acids is 1. The first-order valence-electron chi connectivity index (χ1n) is 8.04. The van der Waals surface area contributed by atoms with E-state index in [9.17, 15) is 9.59 Å². The lowest BCUT2D eigenvalue weighted by Gasteiger charge is -2.32. The Morgan fingerprint density at radius 3 is 2.73 bits per heavy atom. The van der Waals surface area contributed by atoms with E-state index in [0.717, 1.165) is 12.8 Å². The highest BCUT2D eigenvalue weighted by Crippen LogP contribution is 2.28. The number of benzene rings is 1. The zero-order valence-electron chi connectivity index (χ0n) is 13.7. The third kappa shape index (κ3) is 4.26. The van der Waals surface area contributed by atoms with Crippen LogP contribution in [-0.4, -0.2) is 46.1 Å². The van der Waals surface area contributed by atoms with E-state index in [0.29, 0.717) is 28.9 Å². The van der Waals surface area contributed by atoms with E-state index < -0.39 is 5.97 Å². The molecule has 136 valence electrons. The lowest BCUT2D eigenvalue weighted by atomic mass is 10.1. The molecule has 3 rings (SSSR count). The molecule has 1 amide bonds. The minimum absolute atomic E-state index is 0.0314. The Kier molecular flexibility index (Phi) is 5.64. The number of likely N-dealkylation sites (tertiary alicyclic amines) is 1. The number of hydrogen-bond acceptors (Lipinski definition) is 4. The number of aromatic nitrogens is 1. The lowest BCUT2D eigenvalue weighted by molar-refractivity contribution is 0.0532. The summed E-state index contributed by atoms with van der Waals surface area (Å²) in [5, 5.41) is 9.91. The van der Waals surface area contributed by atoms with Gasteiger partial charge in [-0.3, -0.25) is 9.78 Å². The van der Waals surface area contributed by atoms with Crippen LogP contribution in [0.5, 0.6) is 5.75 Å². The van der Waals surface area contributed by atoms with E-state index in [1.165, 1.54) is 18.3 Å². The molecule has 26 heavy (non-hydrogen) atoms. The summed E-state index contributed by atoms with van der Waals surface area (Å²) in [5.74, 6) is -0.818. The quantitative estimate of drug-likeness (QED) is 0.853. The normalized spacial score (nSPS) is 17.0. The fraction of sp³-hybridized carbons (Fsp3) is 0.278. The van der Waals surface area contributed by atoms with Gasteiger partial charge in [-0.05, 0) is 37.1 Å². The standard InChI is InChI=1S/C18H16Cl2N2O4/c19-14-4-3-12(9-15(14)20)26-13-2-1-7-22(10-13)17(23)16-8-11(18(24)25)5-6-21-16/h3-6,8-9,13H,1-2,7,10H2,(H,24,25). The smallest absolute Gasteiger partial charge is 0.335 e. The second-order valence-corrected chi connectivity index (χ2v) is 6.76. The topological polar surface area (TPSA) is 79.7 Å². The second-order valence-electron chi connectivity index (χ2n) is 5.94. The number of amides is 1. The molecule has 1 aromatic carbocycles. The van der Waals surface area contributed by atoms with Gasteiger partial charge in [-0.1, -0.05) is 23.2 Å². The van der Waals surface area contributed by atoms with Crippen LogP contribution in [0, 0.1) is 0 Å². The summed E-state index contributed by atoms with van der Waals surface area (Å²) in [6, 6.07) is 7.67. The number of halogens is 2. The average molecular weight is 395 g/mol. The van der Waals surface area contributed by atoms with Gasteiger partial charge in [0.05, 0.1) is 22.2 Å². The second kappa shape index (κ2) is 7.93. The van der Waals surface area contributed by atoms with E-state index in [1.54, 1.807) is 23.1 Å². The number of hydrogen-bond donors (Lipinski definition) is 1. The number of rotatable bonds is 4. The molecule has 1 saturated heterocycles. The molecule has 6 nitrogen and oxygen atoms in total. The van der Waals surface area contributed by atoms with Crippen molar-refractivity contribution in [3.8, 4) is 5.75 Å². The fourth-order valence-electron chi connectivity index (χ4n) is 2.80. The van der Waals surface area contributed by atoms with Gasteiger partial charge in [0.15, 0.2) is 0 Å². The minimum atomic E-state index is -1.10. The number of carboxylic acid groups (broad SMARTS) is 1. The minimum Gasteiger partial charge on any atom is -0.489 e. The lowest BCUT2D eigenvalue weighted by Crippen LogP contribution is -2.44.